The number of imidazole rings is 1. The molecule has 160 valence electrons. The number of aromatic amines is 1. The maximum Gasteiger partial charge on any atom is 0.266 e. The largest absolute Gasteiger partial charge is 0.358 e. The molecule has 0 saturated heterocycles. The number of para-hydroxylation sites is 1. The van der Waals surface area contributed by atoms with Gasteiger partial charge in [0.25, 0.3) is 5.56 Å². The number of anilines is 1. The van der Waals surface area contributed by atoms with Gasteiger partial charge in [-0.3, -0.25) is 9.36 Å². The number of nitrogens with one attached hydrogen (secondary N) is 2. The molecule has 0 saturated carbocycles. The van der Waals surface area contributed by atoms with Crippen molar-refractivity contribution in [1.82, 2.24) is 29.5 Å². The summed E-state index contributed by atoms with van der Waals surface area (Å²) in [7, 11) is 0. The van der Waals surface area contributed by atoms with Crippen LogP contribution in [0.2, 0.25) is 0 Å². The van der Waals surface area contributed by atoms with Crippen LogP contribution < -0.4 is 10.9 Å². The normalized spacial score (nSPS) is 12.4. The fourth-order valence-electron chi connectivity index (χ4n) is 3.72. The lowest BCUT2D eigenvalue weighted by Crippen LogP contribution is -2.28. The van der Waals surface area contributed by atoms with Crippen molar-refractivity contribution in [2.24, 2.45) is 0 Å². The molecule has 3 heterocycles. The summed E-state index contributed by atoms with van der Waals surface area (Å²) in [6, 6.07) is 8.00. The third kappa shape index (κ3) is 3.08. The molecule has 5 rings (SSSR count). The van der Waals surface area contributed by atoms with Crippen molar-refractivity contribution >= 4 is 27.9 Å². The molecule has 1 atom stereocenters. The summed E-state index contributed by atoms with van der Waals surface area (Å²) < 4.78 is 30.2. The summed E-state index contributed by atoms with van der Waals surface area (Å²) in [5, 5.41) is 3.29. The Balaban J connectivity index is 1.75. The van der Waals surface area contributed by atoms with Crippen LogP contribution in [0.15, 0.2) is 53.8 Å². The molecule has 0 fully saturated rings. The Hall–Kier alpha value is -4.21. The number of aryl methyl sites for hydroxylation is 1. The van der Waals surface area contributed by atoms with Gasteiger partial charge in [0.2, 0.25) is 0 Å². The molecule has 3 aromatic heterocycles. The van der Waals surface area contributed by atoms with Crippen molar-refractivity contribution in [2.45, 2.75) is 19.9 Å². The first-order chi connectivity index (χ1) is 15.5. The topological polar surface area (TPSA) is 101 Å². The smallest absolute Gasteiger partial charge is 0.266 e. The third-order valence-corrected chi connectivity index (χ3v) is 5.31. The van der Waals surface area contributed by atoms with E-state index in [1.54, 1.807) is 13.0 Å². The number of H-pyrrole nitrogens is 1. The number of halogens is 2. The van der Waals surface area contributed by atoms with E-state index in [-0.39, 0.29) is 22.5 Å². The number of hydrogen-bond acceptors (Lipinski definition) is 6. The fourth-order valence-corrected chi connectivity index (χ4v) is 3.72. The van der Waals surface area contributed by atoms with Crippen LogP contribution >= 0.6 is 0 Å². The molecule has 5 aromatic rings. The monoisotopic (exact) mass is 433 g/mol. The molecular formula is C22H17F2N7O. The minimum absolute atomic E-state index is 0.0218. The number of rotatable bonds is 4. The lowest BCUT2D eigenvalue weighted by molar-refractivity contribution is 0.606. The minimum Gasteiger partial charge on any atom is -0.358 e. The van der Waals surface area contributed by atoms with Gasteiger partial charge in [0, 0.05) is 0 Å². The number of hydrogen-bond donors (Lipinski definition) is 2. The molecule has 0 spiro atoms. The molecule has 2 aromatic carbocycles. The van der Waals surface area contributed by atoms with E-state index < -0.39 is 23.2 Å². The Labute approximate surface area is 180 Å². The van der Waals surface area contributed by atoms with Gasteiger partial charge in [-0.15, -0.1) is 0 Å². The van der Waals surface area contributed by atoms with Gasteiger partial charge in [-0.2, -0.15) is 0 Å². The van der Waals surface area contributed by atoms with Crippen LogP contribution in [0.4, 0.5) is 14.6 Å². The fraction of sp³-hybridized carbons (Fsp3) is 0.136. The van der Waals surface area contributed by atoms with Crippen LogP contribution in [0.3, 0.4) is 0 Å². The zero-order valence-electron chi connectivity index (χ0n) is 17.1. The second-order valence-corrected chi connectivity index (χ2v) is 7.32. The highest BCUT2D eigenvalue weighted by Gasteiger charge is 2.22. The average molecular weight is 433 g/mol. The SMILES string of the molecule is Cc1c(F)ccc2nc(C(C)Nc3ncnc4nc[nH]c34)n(-c3ccccc3F)c(=O)c12. The number of aromatic nitrogens is 6. The first-order valence-corrected chi connectivity index (χ1v) is 9.83. The van der Waals surface area contributed by atoms with E-state index in [1.165, 1.54) is 54.5 Å². The molecule has 10 heteroatoms. The van der Waals surface area contributed by atoms with E-state index in [1.807, 2.05) is 0 Å². The summed E-state index contributed by atoms with van der Waals surface area (Å²) in [6.07, 6.45) is 2.86. The first-order valence-electron chi connectivity index (χ1n) is 9.83. The van der Waals surface area contributed by atoms with Gasteiger partial charge in [0.05, 0.1) is 29.0 Å². The van der Waals surface area contributed by atoms with Crippen molar-refractivity contribution in [3.63, 3.8) is 0 Å². The minimum atomic E-state index is -0.601. The predicted octanol–water partition coefficient (Wildman–Crippen LogP) is 3.81. The molecule has 0 aliphatic heterocycles. The Morgan fingerprint density at radius 2 is 1.88 bits per heavy atom. The predicted molar refractivity (Wildman–Crippen MR) is 116 cm³/mol. The second-order valence-electron chi connectivity index (χ2n) is 7.32. The zero-order chi connectivity index (χ0) is 22.4. The van der Waals surface area contributed by atoms with Crippen LogP contribution in [-0.4, -0.2) is 29.5 Å². The van der Waals surface area contributed by atoms with E-state index in [0.29, 0.717) is 22.5 Å². The highest BCUT2D eigenvalue weighted by Crippen LogP contribution is 2.25. The van der Waals surface area contributed by atoms with Gasteiger partial charge in [0.1, 0.15) is 29.3 Å². The van der Waals surface area contributed by atoms with Crippen LogP contribution in [0.5, 0.6) is 0 Å². The van der Waals surface area contributed by atoms with Gasteiger partial charge >= 0.3 is 0 Å². The average Bonchev–Trinajstić information content (AvgIpc) is 3.27. The number of nitrogens with zero attached hydrogens (tertiary/aromatic N) is 5. The summed E-state index contributed by atoms with van der Waals surface area (Å²) in [6.45, 7) is 3.27. The summed E-state index contributed by atoms with van der Waals surface area (Å²) in [4.78, 5) is 33.5. The van der Waals surface area contributed by atoms with Crippen LogP contribution in [-0.2, 0) is 0 Å². The lowest BCUT2D eigenvalue weighted by atomic mass is 10.1. The van der Waals surface area contributed by atoms with Gasteiger partial charge < -0.3 is 10.3 Å². The van der Waals surface area contributed by atoms with Crippen LogP contribution in [0.1, 0.15) is 24.4 Å². The molecule has 32 heavy (non-hydrogen) atoms. The highest BCUT2D eigenvalue weighted by molar-refractivity contribution is 5.83. The van der Waals surface area contributed by atoms with Crippen LogP contribution in [0, 0.1) is 18.6 Å². The van der Waals surface area contributed by atoms with E-state index >= 15 is 0 Å². The Kier molecular flexibility index (Phi) is 4.62. The van der Waals surface area contributed by atoms with Gasteiger partial charge in [-0.25, -0.2) is 28.7 Å². The standard InChI is InChI=1S/C22H17F2N7O/c1-11-13(23)7-8-15-17(11)22(32)31(16-6-4-3-5-14(16)24)21(30-15)12(2)29-20-18-19(26-9-25-18)27-10-28-20/h3-10,12H,1-2H3,(H2,25,26,27,28,29). The second kappa shape index (κ2) is 7.49. The molecule has 8 nitrogen and oxygen atoms in total. The van der Waals surface area contributed by atoms with Crippen molar-refractivity contribution in [2.75, 3.05) is 5.32 Å². The quantitative estimate of drug-likeness (QED) is 0.447. The maximum absolute atomic E-state index is 14.8. The summed E-state index contributed by atoms with van der Waals surface area (Å²) in [5.74, 6) is -0.441. The number of fused-ring (bicyclic) bond motifs is 2. The van der Waals surface area contributed by atoms with Gasteiger partial charge in [0.15, 0.2) is 11.5 Å². The molecule has 0 bridgehead atoms. The lowest BCUT2D eigenvalue weighted by Gasteiger charge is -2.21. The highest BCUT2D eigenvalue weighted by atomic mass is 19.1. The van der Waals surface area contributed by atoms with Gasteiger partial charge in [-0.05, 0) is 43.7 Å². The van der Waals surface area contributed by atoms with E-state index in [9.17, 15) is 13.6 Å². The molecule has 1 unspecified atom stereocenters. The Morgan fingerprint density at radius 3 is 2.69 bits per heavy atom. The third-order valence-electron chi connectivity index (χ3n) is 5.31. The zero-order valence-corrected chi connectivity index (χ0v) is 17.1. The Morgan fingerprint density at radius 1 is 1.06 bits per heavy atom. The number of benzene rings is 2. The van der Waals surface area contributed by atoms with Crippen LogP contribution in [0.25, 0.3) is 27.8 Å². The van der Waals surface area contributed by atoms with Crippen molar-refractivity contribution in [1.29, 1.82) is 0 Å². The molecule has 0 aliphatic rings. The maximum atomic E-state index is 14.8. The van der Waals surface area contributed by atoms with E-state index in [4.69, 9.17) is 0 Å². The van der Waals surface area contributed by atoms with E-state index in [2.05, 4.69) is 30.2 Å². The van der Waals surface area contributed by atoms with Crippen molar-refractivity contribution < 1.29 is 8.78 Å². The van der Waals surface area contributed by atoms with Gasteiger partial charge in [-0.1, -0.05) is 12.1 Å². The molecule has 0 amide bonds. The summed E-state index contributed by atoms with van der Waals surface area (Å²) >= 11 is 0. The van der Waals surface area contributed by atoms with Crippen molar-refractivity contribution in [3.05, 3.63) is 82.4 Å². The molecular weight excluding hydrogens is 416 g/mol. The Bertz CT molecular complexity index is 1540. The molecule has 2 N–H and O–H groups in total. The van der Waals surface area contributed by atoms with E-state index in [0.717, 1.165) is 0 Å². The molecule has 0 radical (unpaired) electrons. The first kappa shape index (κ1) is 19.7. The van der Waals surface area contributed by atoms with Crippen molar-refractivity contribution in [3.8, 4) is 5.69 Å². The summed E-state index contributed by atoms with van der Waals surface area (Å²) in [5.41, 5.74) is 0.993. The molecule has 0 aliphatic carbocycles.